The van der Waals surface area contributed by atoms with Gasteiger partial charge in [-0.2, -0.15) is 0 Å². The van der Waals surface area contributed by atoms with Crippen LogP contribution >= 0.6 is 15.9 Å². The second kappa shape index (κ2) is 2.81. The van der Waals surface area contributed by atoms with E-state index in [9.17, 15) is 4.79 Å². The van der Waals surface area contributed by atoms with Crippen LogP contribution < -0.4 is 0 Å². The van der Waals surface area contributed by atoms with Crippen molar-refractivity contribution in [1.29, 1.82) is 0 Å². The average Bonchev–Trinajstić information content (AvgIpc) is 2.48. The fourth-order valence-electron chi connectivity index (χ4n) is 1.07. The Labute approximate surface area is 80.9 Å². The lowest BCUT2D eigenvalue weighted by atomic mass is 10.3. The summed E-state index contributed by atoms with van der Waals surface area (Å²) in [5.41, 5.74) is 0.991. The molecule has 2 aromatic heterocycles. The van der Waals surface area contributed by atoms with Crippen molar-refractivity contribution in [2.45, 2.75) is 0 Å². The van der Waals surface area contributed by atoms with Crippen LogP contribution in [0.25, 0.3) is 11.0 Å². The molecule has 0 fully saturated rings. The van der Waals surface area contributed by atoms with Gasteiger partial charge in [0, 0.05) is 6.20 Å². The molecule has 13 heavy (non-hydrogen) atoms. The Hall–Kier alpha value is -1.43. The zero-order valence-electron chi connectivity index (χ0n) is 6.28. The minimum atomic E-state index is -1.07. The summed E-state index contributed by atoms with van der Waals surface area (Å²) in [5.74, 6) is -1.07. The van der Waals surface area contributed by atoms with E-state index in [1.54, 1.807) is 6.20 Å². The van der Waals surface area contributed by atoms with Crippen LogP contribution in [0, 0.1) is 0 Å². The van der Waals surface area contributed by atoms with Gasteiger partial charge < -0.3 is 10.1 Å². The van der Waals surface area contributed by atoms with Crippen LogP contribution in [0.5, 0.6) is 0 Å². The number of fused-ring (bicyclic) bond motifs is 1. The van der Waals surface area contributed by atoms with Gasteiger partial charge in [0.1, 0.15) is 11.8 Å². The molecule has 0 amide bonds. The number of aromatic carboxylic acids is 1. The van der Waals surface area contributed by atoms with Crippen molar-refractivity contribution in [3.8, 4) is 0 Å². The van der Waals surface area contributed by atoms with Gasteiger partial charge in [-0.3, -0.25) is 0 Å². The van der Waals surface area contributed by atoms with E-state index in [2.05, 4.69) is 30.9 Å². The number of carboxylic acids is 1. The van der Waals surface area contributed by atoms with Gasteiger partial charge in [0.25, 0.3) is 0 Å². The largest absolute Gasteiger partial charge is 0.476 e. The minimum absolute atomic E-state index is 0.0179. The predicted octanol–water partition coefficient (Wildman–Crippen LogP) is 1.42. The first-order valence-electron chi connectivity index (χ1n) is 3.41. The monoisotopic (exact) mass is 241 g/mol. The molecular formula is C7H4BrN3O2. The molecule has 0 aliphatic rings. The number of nitrogens with one attached hydrogen (secondary N) is 1. The molecule has 0 aromatic carbocycles. The summed E-state index contributed by atoms with van der Waals surface area (Å²) in [5, 5.41) is 8.77. The van der Waals surface area contributed by atoms with E-state index >= 15 is 0 Å². The lowest BCUT2D eigenvalue weighted by Crippen LogP contribution is -2.01. The maximum atomic E-state index is 10.7. The first-order chi connectivity index (χ1) is 6.20. The molecule has 0 aliphatic heterocycles. The molecule has 6 heteroatoms. The Bertz CT molecular complexity index is 480. The third-order valence-corrected chi connectivity index (χ3v) is 2.22. The highest BCUT2D eigenvalue weighted by Crippen LogP contribution is 2.22. The zero-order chi connectivity index (χ0) is 9.42. The summed E-state index contributed by atoms with van der Waals surface area (Å²) in [6.07, 6.45) is 2.86. The fourth-order valence-corrected chi connectivity index (χ4v) is 1.48. The fraction of sp³-hybridized carbons (Fsp3) is 0. The summed E-state index contributed by atoms with van der Waals surface area (Å²) in [4.78, 5) is 21.1. The van der Waals surface area contributed by atoms with E-state index in [0.29, 0.717) is 11.0 Å². The van der Waals surface area contributed by atoms with Crippen molar-refractivity contribution in [1.82, 2.24) is 15.0 Å². The number of nitrogens with zero attached hydrogens (tertiary/aromatic N) is 2. The van der Waals surface area contributed by atoms with Crippen LogP contribution in [0.2, 0.25) is 0 Å². The van der Waals surface area contributed by atoms with E-state index in [1.165, 1.54) is 6.33 Å². The van der Waals surface area contributed by atoms with Crippen molar-refractivity contribution in [2.24, 2.45) is 0 Å². The van der Waals surface area contributed by atoms with Crippen LogP contribution in [-0.4, -0.2) is 26.0 Å². The topological polar surface area (TPSA) is 78.9 Å². The normalized spacial score (nSPS) is 10.5. The number of carboxylic acid groups (broad SMARTS) is 1. The van der Waals surface area contributed by atoms with Crippen LogP contribution in [0.4, 0.5) is 0 Å². The van der Waals surface area contributed by atoms with Crippen molar-refractivity contribution in [3.63, 3.8) is 0 Å². The van der Waals surface area contributed by atoms with E-state index in [0.717, 1.165) is 4.47 Å². The molecule has 2 heterocycles. The summed E-state index contributed by atoms with van der Waals surface area (Å²) >= 11 is 3.24. The van der Waals surface area contributed by atoms with Gasteiger partial charge in [-0.15, -0.1) is 0 Å². The molecule has 0 spiro atoms. The highest BCUT2D eigenvalue weighted by Gasteiger charge is 2.13. The second-order valence-corrected chi connectivity index (χ2v) is 3.24. The van der Waals surface area contributed by atoms with Crippen LogP contribution in [0.3, 0.4) is 0 Å². The Morgan fingerprint density at radius 2 is 2.31 bits per heavy atom. The Balaban J connectivity index is 2.84. The number of rotatable bonds is 1. The van der Waals surface area contributed by atoms with Gasteiger partial charge in [0.2, 0.25) is 0 Å². The molecular weight excluding hydrogens is 238 g/mol. The van der Waals surface area contributed by atoms with E-state index in [-0.39, 0.29) is 5.69 Å². The van der Waals surface area contributed by atoms with Gasteiger partial charge in [0.15, 0.2) is 5.69 Å². The van der Waals surface area contributed by atoms with Crippen molar-refractivity contribution in [2.75, 3.05) is 0 Å². The van der Waals surface area contributed by atoms with Crippen molar-refractivity contribution < 1.29 is 9.90 Å². The number of H-pyrrole nitrogens is 1. The molecule has 0 saturated heterocycles. The minimum Gasteiger partial charge on any atom is -0.476 e. The van der Waals surface area contributed by atoms with Gasteiger partial charge in [-0.05, 0) is 15.9 Å². The van der Waals surface area contributed by atoms with E-state index in [4.69, 9.17) is 5.11 Å². The lowest BCUT2D eigenvalue weighted by Gasteiger charge is -1.94. The number of hydrogen-bond acceptors (Lipinski definition) is 3. The smallest absolute Gasteiger partial charge is 0.356 e. The lowest BCUT2D eigenvalue weighted by molar-refractivity contribution is 0.0692. The molecule has 2 aromatic rings. The maximum Gasteiger partial charge on any atom is 0.356 e. The number of carbonyl (C=O) groups is 1. The Morgan fingerprint density at radius 1 is 1.54 bits per heavy atom. The first-order valence-corrected chi connectivity index (χ1v) is 4.20. The van der Waals surface area contributed by atoms with E-state index < -0.39 is 5.97 Å². The SMILES string of the molecule is O=C(O)c1ncnc2c(Br)c[nH]c12. The van der Waals surface area contributed by atoms with Crippen LogP contribution in [0.1, 0.15) is 10.5 Å². The highest BCUT2D eigenvalue weighted by molar-refractivity contribution is 9.10. The Morgan fingerprint density at radius 3 is 3.00 bits per heavy atom. The molecule has 66 valence electrons. The predicted molar refractivity (Wildman–Crippen MR) is 48.5 cm³/mol. The molecule has 2 N–H and O–H groups in total. The molecule has 2 rings (SSSR count). The number of aromatic nitrogens is 3. The molecule has 5 nitrogen and oxygen atoms in total. The van der Waals surface area contributed by atoms with Gasteiger partial charge in [-0.1, -0.05) is 0 Å². The molecule has 0 unspecified atom stereocenters. The average molecular weight is 242 g/mol. The van der Waals surface area contributed by atoms with Gasteiger partial charge >= 0.3 is 5.97 Å². The maximum absolute atomic E-state index is 10.7. The van der Waals surface area contributed by atoms with Crippen LogP contribution in [0.15, 0.2) is 17.0 Å². The number of aromatic amines is 1. The van der Waals surface area contributed by atoms with E-state index in [1.807, 2.05) is 0 Å². The third-order valence-electron chi connectivity index (χ3n) is 1.62. The quantitative estimate of drug-likeness (QED) is 0.792. The molecule has 0 bridgehead atoms. The van der Waals surface area contributed by atoms with Gasteiger partial charge in [-0.25, -0.2) is 14.8 Å². The number of hydrogen-bond donors (Lipinski definition) is 2. The van der Waals surface area contributed by atoms with Crippen molar-refractivity contribution >= 4 is 32.9 Å². The van der Waals surface area contributed by atoms with Crippen molar-refractivity contribution in [3.05, 3.63) is 22.7 Å². The summed E-state index contributed by atoms with van der Waals surface area (Å²) in [6, 6.07) is 0. The van der Waals surface area contributed by atoms with Gasteiger partial charge in [0.05, 0.1) is 9.99 Å². The number of halogens is 1. The zero-order valence-corrected chi connectivity index (χ0v) is 7.87. The first kappa shape index (κ1) is 8.18. The highest BCUT2D eigenvalue weighted by atomic mass is 79.9. The summed E-state index contributed by atoms with van der Waals surface area (Å²) < 4.78 is 0.729. The molecule has 0 atom stereocenters. The summed E-state index contributed by atoms with van der Waals surface area (Å²) in [6.45, 7) is 0. The van der Waals surface area contributed by atoms with Crippen LogP contribution in [-0.2, 0) is 0 Å². The summed E-state index contributed by atoms with van der Waals surface area (Å²) in [7, 11) is 0. The third kappa shape index (κ3) is 1.19. The molecule has 0 saturated carbocycles. The second-order valence-electron chi connectivity index (χ2n) is 2.39. The molecule has 0 aliphatic carbocycles. The Kier molecular flexibility index (Phi) is 1.77. The molecule has 0 radical (unpaired) electrons. The standard InChI is InChI=1S/C7H4BrN3O2/c8-3-1-9-5-4(3)10-2-11-6(5)7(12)13/h1-2,9H,(H,12,13).